The molecule has 0 aromatic heterocycles. The number of hydrogen-bond donors (Lipinski definition) is 0. The Balaban J connectivity index is 2.11. The van der Waals surface area contributed by atoms with E-state index in [0.717, 1.165) is 19.4 Å². The molecule has 96 valence electrons. The lowest BCUT2D eigenvalue weighted by Gasteiger charge is -2.42. The maximum Gasteiger partial charge on any atom is 0.307 e. The number of methoxy groups -OCH3 is 1. The molecular formula is C12H20N2O3. The predicted molar refractivity (Wildman–Crippen MR) is 62.4 cm³/mol. The Morgan fingerprint density at radius 1 is 1.47 bits per heavy atom. The van der Waals surface area contributed by atoms with Crippen LogP contribution in [0.15, 0.2) is 0 Å². The highest BCUT2D eigenvalue weighted by Crippen LogP contribution is 2.32. The number of hydrogen-bond acceptors (Lipinski definition) is 4. The summed E-state index contributed by atoms with van der Waals surface area (Å²) in [5.74, 6) is -0.266. The van der Waals surface area contributed by atoms with Crippen molar-refractivity contribution in [3.05, 3.63) is 0 Å². The number of ether oxygens (including phenoxy) is 1. The summed E-state index contributed by atoms with van der Waals surface area (Å²) in [7, 11) is 3.17. The number of piperazine rings is 1. The smallest absolute Gasteiger partial charge is 0.307 e. The Labute approximate surface area is 102 Å². The molecule has 0 spiro atoms. The zero-order valence-corrected chi connectivity index (χ0v) is 10.7. The van der Waals surface area contributed by atoms with E-state index in [-0.39, 0.29) is 30.4 Å². The van der Waals surface area contributed by atoms with Gasteiger partial charge in [0.05, 0.1) is 13.5 Å². The quantitative estimate of drug-likeness (QED) is 0.663. The van der Waals surface area contributed by atoms with E-state index in [1.807, 2.05) is 14.0 Å². The molecule has 2 rings (SSSR count). The van der Waals surface area contributed by atoms with Gasteiger partial charge >= 0.3 is 5.97 Å². The number of likely N-dealkylation sites (N-methyl/N-ethyl adjacent to an activating group) is 1. The van der Waals surface area contributed by atoms with Gasteiger partial charge in [-0.05, 0) is 19.8 Å². The number of amides is 1. The van der Waals surface area contributed by atoms with Gasteiger partial charge in [0.15, 0.2) is 0 Å². The second-order valence-electron chi connectivity index (χ2n) is 5.02. The van der Waals surface area contributed by atoms with Crippen molar-refractivity contribution in [2.75, 3.05) is 20.7 Å². The van der Waals surface area contributed by atoms with E-state index < -0.39 is 0 Å². The van der Waals surface area contributed by atoms with Crippen molar-refractivity contribution in [2.24, 2.45) is 0 Å². The van der Waals surface area contributed by atoms with Crippen LogP contribution in [0.4, 0.5) is 0 Å². The lowest BCUT2D eigenvalue weighted by Crippen LogP contribution is -2.60. The van der Waals surface area contributed by atoms with Gasteiger partial charge in [-0.1, -0.05) is 0 Å². The first-order valence-electron chi connectivity index (χ1n) is 6.13. The minimum Gasteiger partial charge on any atom is -0.469 e. The zero-order chi connectivity index (χ0) is 12.6. The summed E-state index contributed by atoms with van der Waals surface area (Å²) < 4.78 is 4.68. The summed E-state index contributed by atoms with van der Waals surface area (Å²) in [5.41, 5.74) is 0. The van der Waals surface area contributed by atoms with E-state index in [9.17, 15) is 9.59 Å². The topological polar surface area (TPSA) is 49.9 Å². The van der Waals surface area contributed by atoms with Crippen LogP contribution in [0, 0.1) is 0 Å². The van der Waals surface area contributed by atoms with Crippen LogP contribution < -0.4 is 0 Å². The van der Waals surface area contributed by atoms with E-state index >= 15 is 0 Å². The van der Waals surface area contributed by atoms with Gasteiger partial charge in [0.1, 0.15) is 6.04 Å². The molecule has 0 N–H and O–H groups in total. The normalized spacial score (nSPS) is 30.5. The molecule has 1 aliphatic carbocycles. The maximum atomic E-state index is 12.2. The lowest BCUT2D eigenvalue weighted by atomic mass is 10.0. The lowest BCUT2D eigenvalue weighted by molar-refractivity contribution is -0.152. The van der Waals surface area contributed by atoms with Crippen LogP contribution in [0.1, 0.15) is 26.2 Å². The zero-order valence-electron chi connectivity index (χ0n) is 10.7. The molecular weight excluding hydrogens is 220 g/mol. The molecule has 2 fully saturated rings. The fourth-order valence-corrected chi connectivity index (χ4v) is 2.40. The van der Waals surface area contributed by atoms with Gasteiger partial charge in [0.2, 0.25) is 5.91 Å². The summed E-state index contributed by atoms with van der Waals surface area (Å²) in [6.07, 6.45) is 2.45. The summed E-state index contributed by atoms with van der Waals surface area (Å²) in [5, 5.41) is 0. The van der Waals surface area contributed by atoms with Gasteiger partial charge in [-0.25, -0.2) is 0 Å². The SMILES string of the molecule is COC(=O)CC1C(=O)N(C)C(C)CN1C1CC1. The Hall–Kier alpha value is -1.10. The van der Waals surface area contributed by atoms with Crippen LogP contribution in [-0.2, 0) is 14.3 Å². The van der Waals surface area contributed by atoms with Crippen LogP contribution in [-0.4, -0.2) is 60.5 Å². The third-order valence-corrected chi connectivity index (χ3v) is 3.77. The number of carbonyl (C=O) groups is 2. The van der Waals surface area contributed by atoms with Crippen molar-refractivity contribution >= 4 is 11.9 Å². The van der Waals surface area contributed by atoms with Crippen molar-refractivity contribution < 1.29 is 14.3 Å². The first-order valence-corrected chi connectivity index (χ1v) is 6.13. The number of carbonyl (C=O) groups excluding carboxylic acids is 2. The molecule has 0 aromatic carbocycles. The van der Waals surface area contributed by atoms with Crippen LogP contribution in [0.5, 0.6) is 0 Å². The molecule has 2 unspecified atom stereocenters. The summed E-state index contributed by atoms with van der Waals surface area (Å²) >= 11 is 0. The fraction of sp³-hybridized carbons (Fsp3) is 0.833. The number of nitrogens with zero attached hydrogens (tertiary/aromatic N) is 2. The second kappa shape index (κ2) is 4.64. The van der Waals surface area contributed by atoms with Gasteiger partial charge in [-0.2, -0.15) is 0 Å². The van der Waals surface area contributed by atoms with Crippen molar-refractivity contribution in [3.8, 4) is 0 Å². The average Bonchev–Trinajstić information content (AvgIpc) is 3.13. The molecule has 0 aromatic rings. The van der Waals surface area contributed by atoms with Crippen LogP contribution in [0.25, 0.3) is 0 Å². The van der Waals surface area contributed by atoms with Crippen molar-refractivity contribution in [2.45, 2.75) is 44.3 Å². The Kier molecular flexibility index (Phi) is 3.38. The molecule has 1 amide bonds. The third-order valence-electron chi connectivity index (χ3n) is 3.77. The molecule has 17 heavy (non-hydrogen) atoms. The van der Waals surface area contributed by atoms with E-state index in [2.05, 4.69) is 9.64 Å². The molecule has 1 heterocycles. The molecule has 2 atom stereocenters. The highest BCUT2D eigenvalue weighted by atomic mass is 16.5. The monoisotopic (exact) mass is 240 g/mol. The molecule has 1 saturated carbocycles. The first-order chi connectivity index (χ1) is 8.04. The summed E-state index contributed by atoms with van der Waals surface area (Å²) in [4.78, 5) is 27.5. The highest BCUT2D eigenvalue weighted by molar-refractivity contribution is 5.87. The average molecular weight is 240 g/mol. The molecule has 1 aliphatic heterocycles. The van der Waals surface area contributed by atoms with Crippen LogP contribution >= 0.6 is 0 Å². The minimum atomic E-state index is -0.323. The Bertz CT molecular complexity index is 328. The molecule has 1 saturated heterocycles. The van der Waals surface area contributed by atoms with Gasteiger partial charge < -0.3 is 9.64 Å². The number of rotatable bonds is 3. The van der Waals surface area contributed by atoms with E-state index in [0.29, 0.717) is 6.04 Å². The summed E-state index contributed by atoms with van der Waals surface area (Å²) in [6, 6.07) is 0.387. The minimum absolute atomic E-state index is 0.0426. The van der Waals surface area contributed by atoms with Crippen LogP contribution in [0.3, 0.4) is 0 Å². The second-order valence-corrected chi connectivity index (χ2v) is 5.02. The van der Waals surface area contributed by atoms with Gasteiger partial charge in [0, 0.05) is 25.7 Å². The fourth-order valence-electron chi connectivity index (χ4n) is 2.40. The number of esters is 1. The molecule has 0 radical (unpaired) electrons. The molecule has 0 bridgehead atoms. The van der Waals surface area contributed by atoms with Crippen molar-refractivity contribution in [1.82, 2.24) is 9.80 Å². The maximum absolute atomic E-state index is 12.2. The van der Waals surface area contributed by atoms with Crippen molar-refractivity contribution in [3.63, 3.8) is 0 Å². The Morgan fingerprint density at radius 2 is 2.12 bits per heavy atom. The van der Waals surface area contributed by atoms with E-state index in [1.165, 1.54) is 7.11 Å². The van der Waals surface area contributed by atoms with Gasteiger partial charge in [-0.3, -0.25) is 14.5 Å². The van der Waals surface area contributed by atoms with E-state index in [4.69, 9.17) is 0 Å². The highest BCUT2D eigenvalue weighted by Gasteiger charge is 2.44. The Morgan fingerprint density at radius 3 is 2.65 bits per heavy atom. The molecule has 5 nitrogen and oxygen atoms in total. The third kappa shape index (κ3) is 2.44. The standard InChI is InChI=1S/C12H20N2O3/c1-8-7-14(9-4-5-9)10(6-11(15)17-3)12(16)13(8)2/h8-10H,4-7H2,1-3H3. The summed E-state index contributed by atoms with van der Waals surface area (Å²) in [6.45, 7) is 2.90. The largest absolute Gasteiger partial charge is 0.469 e. The van der Waals surface area contributed by atoms with Crippen LogP contribution in [0.2, 0.25) is 0 Å². The predicted octanol–water partition coefficient (Wildman–Crippen LogP) is 0.243. The van der Waals surface area contributed by atoms with Gasteiger partial charge in [0.25, 0.3) is 0 Å². The molecule has 2 aliphatic rings. The van der Waals surface area contributed by atoms with E-state index in [1.54, 1.807) is 4.90 Å². The molecule has 5 heteroatoms. The van der Waals surface area contributed by atoms with Crippen molar-refractivity contribution in [1.29, 1.82) is 0 Å². The van der Waals surface area contributed by atoms with Gasteiger partial charge in [-0.15, -0.1) is 0 Å². The first kappa shape index (κ1) is 12.4.